The minimum absolute atomic E-state index is 0.304. The van der Waals surface area contributed by atoms with Crippen LogP contribution in [0.15, 0.2) is 32.7 Å². The van der Waals surface area contributed by atoms with Crippen LogP contribution in [0, 0.1) is 6.92 Å². The minimum atomic E-state index is -0.441. The summed E-state index contributed by atoms with van der Waals surface area (Å²) in [7, 11) is 0. The summed E-state index contributed by atoms with van der Waals surface area (Å²) < 4.78 is 10.2. The first-order valence-corrected chi connectivity index (χ1v) is 6.47. The molecule has 0 atom stereocenters. The Kier molecular flexibility index (Phi) is 4.06. The maximum atomic E-state index is 11.7. The number of anilines is 1. The van der Waals surface area contributed by atoms with Gasteiger partial charge in [-0.1, -0.05) is 6.07 Å². The highest BCUT2D eigenvalue weighted by Crippen LogP contribution is 2.33. The molecule has 0 spiro atoms. The third kappa shape index (κ3) is 3.05. The number of aryl methyl sites for hydroxylation is 1. The molecule has 0 unspecified atom stereocenters. The van der Waals surface area contributed by atoms with Gasteiger partial charge in [-0.2, -0.15) is 0 Å². The number of hydrogen-bond acceptors (Lipinski definition) is 7. The van der Waals surface area contributed by atoms with Crippen LogP contribution in [0.25, 0.3) is 0 Å². The Balaban J connectivity index is 2.27. The van der Waals surface area contributed by atoms with Crippen LogP contribution in [-0.4, -0.2) is 22.8 Å². The van der Waals surface area contributed by atoms with Crippen LogP contribution in [0.2, 0.25) is 0 Å². The lowest BCUT2D eigenvalue weighted by Gasteiger charge is -2.08. The van der Waals surface area contributed by atoms with Gasteiger partial charge < -0.3 is 14.9 Å². The lowest BCUT2D eigenvalue weighted by atomic mass is 10.2. The maximum absolute atomic E-state index is 11.7. The van der Waals surface area contributed by atoms with Crippen LogP contribution < -0.4 is 5.73 Å². The van der Waals surface area contributed by atoms with Crippen molar-refractivity contribution in [1.82, 2.24) is 10.2 Å². The Hall–Kier alpha value is -2.02. The number of hydrogen-bond donors (Lipinski definition) is 1. The number of nitrogen functional groups attached to an aromatic ring is 1. The molecule has 0 aliphatic rings. The highest BCUT2D eigenvalue weighted by Gasteiger charge is 2.15. The zero-order valence-electron chi connectivity index (χ0n) is 10.5. The third-order valence-corrected chi connectivity index (χ3v) is 3.18. The van der Waals surface area contributed by atoms with E-state index in [1.807, 2.05) is 0 Å². The van der Waals surface area contributed by atoms with E-state index in [4.69, 9.17) is 14.9 Å². The monoisotopic (exact) mass is 279 g/mol. The van der Waals surface area contributed by atoms with Crippen LogP contribution in [0.3, 0.4) is 0 Å². The van der Waals surface area contributed by atoms with E-state index in [0.717, 1.165) is 0 Å². The Morgan fingerprint density at radius 3 is 2.89 bits per heavy atom. The van der Waals surface area contributed by atoms with Gasteiger partial charge in [0.15, 0.2) is 0 Å². The molecule has 0 bridgehead atoms. The molecule has 0 amide bonds. The van der Waals surface area contributed by atoms with Crippen molar-refractivity contribution in [3.8, 4) is 0 Å². The number of nitrogens with two attached hydrogens (primary N) is 1. The topological polar surface area (TPSA) is 91.2 Å². The largest absolute Gasteiger partial charge is 0.462 e. The van der Waals surface area contributed by atoms with E-state index in [1.54, 1.807) is 32.0 Å². The number of esters is 1. The SMILES string of the molecule is CCOC(=O)c1cccc(Sc2nnc(C)o2)c1N. The van der Waals surface area contributed by atoms with Gasteiger partial charge in [0, 0.05) is 11.8 Å². The first-order valence-electron chi connectivity index (χ1n) is 5.65. The number of carbonyl (C=O) groups excluding carboxylic acids is 1. The first-order chi connectivity index (χ1) is 9.11. The quantitative estimate of drug-likeness (QED) is 0.678. The van der Waals surface area contributed by atoms with Crippen molar-refractivity contribution in [2.45, 2.75) is 24.0 Å². The Bertz CT molecular complexity index is 598. The molecule has 2 rings (SSSR count). The summed E-state index contributed by atoms with van der Waals surface area (Å²) in [5, 5.41) is 7.98. The van der Waals surface area contributed by atoms with Crippen molar-refractivity contribution in [2.24, 2.45) is 0 Å². The summed E-state index contributed by atoms with van der Waals surface area (Å²) in [5.41, 5.74) is 6.64. The summed E-state index contributed by atoms with van der Waals surface area (Å²) in [4.78, 5) is 12.4. The number of rotatable bonds is 4. The van der Waals surface area contributed by atoms with Crippen LogP contribution in [0.5, 0.6) is 0 Å². The molecule has 7 heteroatoms. The van der Waals surface area contributed by atoms with Gasteiger partial charge in [-0.05, 0) is 30.8 Å². The van der Waals surface area contributed by atoms with Crippen molar-refractivity contribution < 1.29 is 13.9 Å². The molecular weight excluding hydrogens is 266 g/mol. The summed E-state index contributed by atoms with van der Waals surface area (Å²) in [6.07, 6.45) is 0. The van der Waals surface area contributed by atoms with Gasteiger partial charge in [0.1, 0.15) is 0 Å². The van der Waals surface area contributed by atoms with Crippen molar-refractivity contribution in [3.63, 3.8) is 0 Å². The zero-order chi connectivity index (χ0) is 13.8. The smallest absolute Gasteiger partial charge is 0.340 e. The molecule has 2 N–H and O–H groups in total. The number of ether oxygens (including phenoxy) is 1. The van der Waals surface area contributed by atoms with Crippen molar-refractivity contribution in [2.75, 3.05) is 12.3 Å². The van der Waals surface area contributed by atoms with Crippen molar-refractivity contribution in [3.05, 3.63) is 29.7 Å². The van der Waals surface area contributed by atoms with E-state index in [0.29, 0.717) is 33.9 Å². The fourth-order valence-electron chi connectivity index (χ4n) is 1.43. The van der Waals surface area contributed by atoms with Crippen molar-refractivity contribution in [1.29, 1.82) is 0 Å². The predicted molar refractivity (Wildman–Crippen MR) is 70.0 cm³/mol. The Labute approximate surface area is 114 Å². The van der Waals surface area contributed by atoms with Crippen LogP contribution >= 0.6 is 11.8 Å². The highest BCUT2D eigenvalue weighted by molar-refractivity contribution is 7.99. The van der Waals surface area contributed by atoms with Crippen LogP contribution in [0.1, 0.15) is 23.2 Å². The molecule has 1 aromatic heterocycles. The minimum Gasteiger partial charge on any atom is -0.462 e. The molecule has 2 aromatic rings. The van der Waals surface area contributed by atoms with E-state index in [9.17, 15) is 4.79 Å². The fourth-order valence-corrected chi connectivity index (χ4v) is 2.23. The maximum Gasteiger partial charge on any atom is 0.340 e. The average molecular weight is 279 g/mol. The van der Waals surface area contributed by atoms with E-state index in [2.05, 4.69) is 10.2 Å². The normalized spacial score (nSPS) is 10.4. The molecule has 6 nitrogen and oxygen atoms in total. The van der Waals surface area contributed by atoms with Gasteiger partial charge >= 0.3 is 5.97 Å². The van der Waals surface area contributed by atoms with E-state index in [-0.39, 0.29) is 0 Å². The van der Waals surface area contributed by atoms with Gasteiger partial charge in [-0.25, -0.2) is 4.79 Å². The Morgan fingerprint density at radius 2 is 2.26 bits per heavy atom. The fraction of sp³-hybridized carbons (Fsp3) is 0.250. The second kappa shape index (κ2) is 5.75. The van der Waals surface area contributed by atoms with E-state index in [1.165, 1.54) is 11.8 Å². The van der Waals surface area contributed by atoms with Gasteiger partial charge in [0.05, 0.1) is 17.9 Å². The first kappa shape index (κ1) is 13.4. The summed E-state index contributed by atoms with van der Waals surface area (Å²) in [6, 6.07) is 5.13. The molecule has 0 aliphatic carbocycles. The molecule has 0 saturated carbocycles. The number of benzene rings is 1. The molecule has 1 aromatic carbocycles. The Morgan fingerprint density at radius 1 is 1.47 bits per heavy atom. The predicted octanol–water partition coefficient (Wildman–Crippen LogP) is 2.29. The summed E-state index contributed by atoms with van der Waals surface area (Å²) >= 11 is 1.21. The van der Waals surface area contributed by atoms with Crippen molar-refractivity contribution >= 4 is 23.4 Å². The number of nitrogens with zero attached hydrogens (tertiary/aromatic N) is 2. The third-order valence-electron chi connectivity index (χ3n) is 2.27. The lowest BCUT2D eigenvalue weighted by molar-refractivity contribution is 0.0527. The van der Waals surface area contributed by atoms with Gasteiger partial charge in [0.2, 0.25) is 5.89 Å². The number of aromatic nitrogens is 2. The van der Waals surface area contributed by atoms with E-state index >= 15 is 0 Å². The molecule has 19 heavy (non-hydrogen) atoms. The molecule has 0 aliphatic heterocycles. The molecule has 100 valence electrons. The van der Waals surface area contributed by atoms with Gasteiger partial charge in [-0.15, -0.1) is 10.2 Å². The second-order valence-electron chi connectivity index (χ2n) is 3.63. The molecule has 0 radical (unpaired) electrons. The average Bonchev–Trinajstić information content (AvgIpc) is 2.78. The molecule has 0 fully saturated rings. The number of para-hydroxylation sites is 1. The van der Waals surface area contributed by atoms with Crippen LogP contribution in [-0.2, 0) is 4.74 Å². The lowest BCUT2D eigenvalue weighted by Crippen LogP contribution is -2.08. The summed E-state index contributed by atoms with van der Waals surface area (Å²) in [6.45, 7) is 3.75. The zero-order valence-corrected chi connectivity index (χ0v) is 11.4. The molecule has 0 saturated heterocycles. The molecular formula is C12H13N3O3S. The van der Waals surface area contributed by atoms with Gasteiger partial charge in [0.25, 0.3) is 5.22 Å². The second-order valence-corrected chi connectivity index (χ2v) is 4.62. The van der Waals surface area contributed by atoms with Crippen LogP contribution in [0.4, 0.5) is 5.69 Å². The standard InChI is InChI=1S/C12H13N3O3S/c1-3-17-11(16)8-5-4-6-9(10(8)13)19-12-15-14-7(2)18-12/h4-6H,3,13H2,1-2H3. The number of carbonyl (C=O) groups is 1. The molecule has 1 heterocycles. The van der Waals surface area contributed by atoms with Gasteiger partial charge in [-0.3, -0.25) is 0 Å². The highest BCUT2D eigenvalue weighted by atomic mass is 32.2. The summed E-state index contributed by atoms with van der Waals surface area (Å²) in [5.74, 6) is 0.0341. The van der Waals surface area contributed by atoms with E-state index < -0.39 is 5.97 Å².